The first-order valence-electron chi connectivity index (χ1n) is 11.4. The predicted octanol–water partition coefficient (Wildman–Crippen LogP) is 3.47. The first-order valence-corrected chi connectivity index (χ1v) is 12.3. The van der Waals surface area contributed by atoms with Crippen molar-refractivity contribution in [3.8, 4) is 0 Å². The molecule has 1 fully saturated rings. The summed E-state index contributed by atoms with van der Waals surface area (Å²) in [6, 6.07) is 9.31. The fourth-order valence-corrected chi connectivity index (χ4v) is 4.62. The van der Waals surface area contributed by atoms with Crippen molar-refractivity contribution in [3.63, 3.8) is 0 Å². The van der Waals surface area contributed by atoms with Gasteiger partial charge < -0.3 is 24.3 Å². The number of halogens is 2. The molecular weight excluding hydrogens is 507 g/mol. The van der Waals surface area contributed by atoms with Gasteiger partial charge in [-0.05, 0) is 31.3 Å². The number of piperazine rings is 1. The monoisotopic (exact) mass is 530 g/mol. The lowest BCUT2D eigenvalue weighted by Gasteiger charge is -2.34. The number of hydrogen-bond acceptors (Lipinski definition) is 9. The van der Waals surface area contributed by atoms with Gasteiger partial charge in [-0.3, -0.25) is 9.36 Å². The van der Waals surface area contributed by atoms with Gasteiger partial charge in [-0.1, -0.05) is 11.6 Å². The molecule has 0 atom stereocenters. The number of carbonyl (C=O) groups is 1. The van der Waals surface area contributed by atoms with E-state index in [2.05, 4.69) is 32.1 Å². The molecule has 12 heteroatoms. The van der Waals surface area contributed by atoms with E-state index in [1.165, 1.54) is 10.9 Å². The molecule has 0 saturated carbocycles. The molecule has 0 unspecified atom stereocenters. The molecule has 188 valence electrons. The number of hydrogen-bond donors (Lipinski definition) is 1. The summed E-state index contributed by atoms with van der Waals surface area (Å²) in [7, 11) is 2.12. The number of nitrogens with one attached hydrogen (secondary N) is 1. The van der Waals surface area contributed by atoms with Crippen molar-refractivity contribution in [2.24, 2.45) is 0 Å². The van der Waals surface area contributed by atoms with Crippen LogP contribution < -0.4 is 16.0 Å². The number of aromatic nitrogens is 3. The smallest absolute Gasteiger partial charge is 0.420 e. The van der Waals surface area contributed by atoms with Crippen LogP contribution in [0.15, 0.2) is 45.9 Å². The minimum Gasteiger partial charge on any atom is -0.463 e. The van der Waals surface area contributed by atoms with Crippen LogP contribution in [0.5, 0.6) is 0 Å². The summed E-state index contributed by atoms with van der Waals surface area (Å²) in [5.74, 6) is -0.812. The highest BCUT2D eigenvalue weighted by molar-refractivity contribution is 6.33. The molecule has 0 bridgehead atoms. The third-order valence-electron chi connectivity index (χ3n) is 6.17. The van der Waals surface area contributed by atoms with Gasteiger partial charge in [-0.2, -0.15) is 0 Å². The molecule has 0 radical (unpaired) electrons. The van der Waals surface area contributed by atoms with Gasteiger partial charge >= 0.3 is 11.7 Å². The van der Waals surface area contributed by atoms with E-state index >= 15 is 0 Å². The molecule has 2 aromatic carbocycles. The zero-order valence-corrected chi connectivity index (χ0v) is 21.1. The standard InChI is InChI=1S/C24H24Cl2N6O4/c1-30-4-6-31(7-5-30)19-3-2-15(10-17(19)26)29-23-16-11-20-21(12-18(16)27-14-28-23)36-24(34)32(20)8-9-35-22(33)13-25/h2-3,10-12,14H,4-9,13H2,1H3,(H,27,28,29). The highest BCUT2D eigenvalue weighted by Gasteiger charge is 2.18. The molecule has 5 rings (SSSR count). The van der Waals surface area contributed by atoms with Crippen LogP contribution in [-0.4, -0.2) is 71.1 Å². The number of nitrogens with zero attached hydrogens (tertiary/aromatic N) is 5. The Kier molecular flexibility index (Phi) is 6.99. The molecule has 4 aromatic rings. The Morgan fingerprint density at radius 2 is 1.97 bits per heavy atom. The van der Waals surface area contributed by atoms with Crippen LogP contribution in [0.2, 0.25) is 5.02 Å². The van der Waals surface area contributed by atoms with Crippen LogP contribution in [0.3, 0.4) is 0 Å². The van der Waals surface area contributed by atoms with Crippen molar-refractivity contribution < 1.29 is 13.9 Å². The van der Waals surface area contributed by atoms with Crippen molar-refractivity contribution in [2.45, 2.75) is 6.54 Å². The Morgan fingerprint density at radius 1 is 1.17 bits per heavy atom. The van der Waals surface area contributed by atoms with Crippen molar-refractivity contribution in [1.82, 2.24) is 19.4 Å². The zero-order valence-electron chi connectivity index (χ0n) is 19.5. The van der Waals surface area contributed by atoms with E-state index in [1.54, 1.807) is 12.1 Å². The number of oxazole rings is 1. The Labute approximate surface area is 216 Å². The number of esters is 1. The SMILES string of the molecule is CN1CCN(c2ccc(Nc3ncnc4cc5oc(=O)n(CCOC(=O)CCl)c5cc34)cc2Cl)CC1. The molecule has 0 aliphatic carbocycles. The van der Waals surface area contributed by atoms with Gasteiger partial charge in [-0.15, -0.1) is 11.6 Å². The van der Waals surface area contributed by atoms with Gasteiger partial charge in [0.25, 0.3) is 0 Å². The molecular formula is C24H24Cl2N6O4. The van der Waals surface area contributed by atoms with Gasteiger partial charge in [-0.25, -0.2) is 14.8 Å². The van der Waals surface area contributed by atoms with Crippen LogP contribution in [0.4, 0.5) is 17.2 Å². The minimum absolute atomic E-state index is 0.00726. The fraction of sp³-hybridized carbons (Fsp3) is 0.333. The molecule has 0 amide bonds. The van der Waals surface area contributed by atoms with E-state index < -0.39 is 11.7 Å². The van der Waals surface area contributed by atoms with Crippen LogP contribution in [0.25, 0.3) is 22.0 Å². The lowest BCUT2D eigenvalue weighted by Crippen LogP contribution is -2.44. The number of fused-ring (bicyclic) bond motifs is 2. The maximum atomic E-state index is 12.4. The van der Waals surface area contributed by atoms with Gasteiger partial charge in [0.05, 0.1) is 28.3 Å². The van der Waals surface area contributed by atoms with Crippen molar-refractivity contribution in [2.75, 3.05) is 55.9 Å². The normalized spacial score (nSPS) is 14.5. The van der Waals surface area contributed by atoms with E-state index in [9.17, 15) is 9.59 Å². The second-order valence-electron chi connectivity index (χ2n) is 8.51. The molecule has 1 N–H and O–H groups in total. The first kappa shape index (κ1) is 24.4. The largest absolute Gasteiger partial charge is 0.463 e. The second kappa shape index (κ2) is 10.3. The fourth-order valence-electron chi connectivity index (χ4n) is 4.24. The van der Waals surface area contributed by atoms with Gasteiger partial charge in [0.15, 0.2) is 5.58 Å². The maximum Gasteiger partial charge on any atom is 0.420 e. The first-order chi connectivity index (χ1) is 17.4. The quantitative estimate of drug-likeness (QED) is 0.284. The molecule has 1 saturated heterocycles. The zero-order chi connectivity index (χ0) is 25.2. The molecule has 36 heavy (non-hydrogen) atoms. The Morgan fingerprint density at radius 3 is 2.72 bits per heavy atom. The average molecular weight is 531 g/mol. The number of benzene rings is 2. The second-order valence-corrected chi connectivity index (χ2v) is 9.19. The number of likely N-dealkylation sites (N-methyl/N-ethyl adjacent to an activating group) is 1. The van der Waals surface area contributed by atoms with Crippen LogP contribution >= 0.6 is 23.2 Å². The number of ether oxygens (including phenoxy) is 1. The Hall–Kier alpha value is -3.34. The van der Waals surface area contributed by atoms with Crippen LogP contribution in [-0.2, 0) is 16.1 Å². The molecule has 10 nitrogen and oxygen atoms in total. The molecule has 0 spiro atoms. The predicted molar refractivity (Wildman–Crippen MR) is 140 cm³/mol. The lowest BCUT2D eigenvalue weighted by atomic mass is 10.2. The molecule has 1 aliphatic heterocycles. The summed E-state index contributed by atoms with van der Waals surface area (Å²) in [6.45, 7) is 3.95. The summed E-state index contributed by atoms with van der Waals surface area (Å²) < 4.78 is 11.8. The average Bonchev–Trinajstić information content (AvgIpc) is 3.17. The maximum absolute atomic E-state index is 12.4. The van der Waals surface area contributed by atoms with E-state index in [0.717, 1.165) is 37.6 Å². The van der Waals surface area contributed by atoms with Crippen molar-refractivity contribution >= 4 is 68.4 Å². The Bertz CT molecular complexity index is 1480. The molecule has 1 aliphatic rings. The third kappa shape index (κ3) is 4.97. The lowest BCUT2D eigenvalue weighted by molar-refractivity contribution is -0.140. The Balaban J connectivity index is 1.43. The van der Waals surface area contributed by atoms with Crippen molar-refractivity contribution in [3.05, 3.63) is 52.2 Å². The minimum atomic E-state index is -0.559. The number of rotatable bonds is 7. The highest BCUT2D eigenvalue weighted by atomic mass is 35.5. The third-order valence-corrected chi connectivity index (χ3v) is 6.69. The number of carbonyl (C=O) groups excluding carboxylic acids is 1. The van der Waals surface area contributed by atoms with Gasteiger partial charge in [0, 0.05) is 43.3 Å². The van der Waals surface area contributed by atoms with Gasteiger partial charge in [0.2, 0.25) is 0 Å². The van der Waals surface area contributed by atoms with Crippen molar-refractivity contribution in [1.29, 1.82) is 0 Å². The van der Waals surface area contributed by atoms with E-state index in [1.807, 2.05) is 18.2 Å². The topological polar surface area (TPSA) is 106 Å². The van der Waals surface area contributed by atoms with Crippen LogP contribution in [0, 0.1) is 0 Å². The van der Waals surface area contributed by atoms with Crippen LogP contribution in [0.1, 0.15) is 0 Å². The summed E-state index contributed by atoms with van der Waals surface area (Å²) >= 11 is 12.1. The molecule has 3 heterocycles. The van der Waals surface area contributed by atoms with E-state index in [4.69, 9.17) is 32.4 Å². The summed E-state index contributed by atoms with van der Waals surface area (Å²) in [5.41, 5.74) is 3.29. The highest BCUT2D eigenvalue weighted by Crippen LogP contribution is 2.32. The van der Waals surface area contributed by atoms with E-state index in [0.29, 0.717) is 32.8 Å². The number of alkyl halides is 1. The summed E-state index contributed by atoms with van der Waals surface area (Å²) in [5, 5.41) is 4.66. The van der Waals surface area contributed by atoms with E-state index in [-0.39, 0.29) is 19.0 Å². The number of anilines is 3. The summed E-state index contributed by atoms with van der Waals surface area (Å²) in [4.78, 5) is 37.1. The summed E-state index contributed by atoms with van der Waals surface area (Å²) in [6.07, 6.45) is 1.44. The van der Waals surface area contributed by atoms with Gasteiger partial charge in [0.1, 0.15) is 24.6 Å². The molecule has 2 aromatic heterocycles.